The number of halogens is 1. The monoisotopic (exact) mass is 352 g/mol. The van der Waals surface area contributed by atoms with Crippen LogP contribution in [0.3, 0.4) is 0 Å². The van der Waals surface area contributed by atoms with Crippen molar-refractivity contribution in [3.63, 3.8) is 0 Å². The minimum absolute atomic E-state index is 0.0183. The maximum absolute atomic E-state index is 13.4. The Labute approximate surface area is 140 Å². The highest BCUT2D eigenvalue weighted by molar-refractivity contribution is 7.91. The Hall–Kier alpha value is -1.89. The van der Waals surface area contributed by atoms with E-state index in [0.717, 1.165) is 10.9 Å². The van der Waals surface area contributed by atoms with Crippen molar-refractivity contribution in [1.82, 2.24) is 9.88 Å². The van der Waals surface area contributed by atoms with E-state index in [1.165, 1.54) is 12.1 Å². The molecule has 24 heavy (non-hydrogen) atoms. The second-order valence-corrected chi connectivity index (χ2v) is 9.22. The average molecular weight is 352 g/mol. The van der Waals surface area contributed by atoms with Crippen LogP contribution in [0.15, 0.2) is 24.4 Å². The van der Waals surface area contributed by atoms with Crippen LogP contribution < -0.4 is 0 Å². The number of benzene rings is 1. The molecule has 0 saturated carbocycles. The molecule has 1 N–H and O–H groups in total. The number of amides is 1. The highest BCUT2D eigenvalue weighted by Gasteiger charge is 2.40. The van der Waals surface area contributed by atoms with Crippen molar-refractivity contribution >= 4 is 26.6 Å². The van der Waals surface area contributed by atoms with E-state index in [1.54, 1.807) is 38.1 Å². The summed E-state index contributed by atoms with van der Waals surface area (Å²) in [6.07, 6.45) is 2.20. The van der Waals surface area contributed by atoms with Gasteiger partial charge in [0.05, 0.1) is 16.9 Å². The molecule has 1 saturated heterocycles. The number of nitrogens with one attached hydrogen (secondary N) is 1. The van der Waals surface area contributed by atoms with E-state index in [1.807, 2.05) is 0 Å². The van der Waals surface area contributed by atoms with Crippen LogP contribution in [0.4, 0.5) is 4.39 Å². The molecule has 1 fully saturated rings. The number of likely N-dealkylation sites (N-methyl/N-ethyl adjacent to an activating group) is 1. The van der Waals surface area contributed by atoms with Gasteiger partial charge in [-0.15, -0.1) is 0 Å². The minimum atomic E-state index is -3.05. The lowest BCUT2D eigenvalue weighted by molar-refractivity contribution is -0.136. The molecule has 0 radical (unpaired) electrons. The number of aromatic amines is 1. The van der Waals surface area contributed by atoms with Gasteiger partial charge in [0.15, 0.2) is 9.84 Å². The van der Waals surface area contributed by atoms with Gasteiger partial charge >= 0.3 is 0 Å². The maximum Gasteiger partial charge on any atom is 0.232 e. The molecule has 1 unspecified atom stereocenters. The Morgan fingerprint density at radius 1 is 1.38 bits per heavy atom. The third-order valence-corrected chi connectivity index (χ3v) is 6.68. The molecule has 0 spiro atoms. The number of hydrogen-bond donors (Lipinski definition) is 1. The molecular weight excluding hydrogens is 331 g/mol. The SMILES string of the molecule is CN(C(=O)C(C)(C)c1c[nH]c2cc(F)ccc12)C1CCS(=O)(=O)C1. The highest BCUT2D eigenvalue weighted by atomic mass is 32.2. The first-order valence-electron chi connectivity index (χ1n) is 7.86. The summed E-state index contributed by atoms with van der Waals surface area (Å²) >= 11 is 0. The molecule has 1 atom stereocenters. The topological polar surface area (TPSA) is 70.2 Å². The summed E-state index contributed by atoms with van der Waals surface area (Å²) < 4.78 is 36.7. The molecule has 0 bridgehead atoms. The minimum Gasteiger partial charge on any atom is -0.361 e. The lowest BCUT2D eigenvalue weighted by Crippen LogP contribution is -2.46. The number of aromatic nitrogens is 1. The first-order valence-corrected chi connectivity index (χ1v) is 9.69. The lowest BCUT2D eigenvalue weighted by Gasteiger charge is -2.32. The van der Waals surface area contributed by atoms with Crippen LogP contribution in [-0.4, -0.2) is 48.8 Å². The molecule has 0 aliphatic carbocycles. The first kappa shape index (κ1) is 17.0. The van der Waals surface area contributed by atoms with E-state index in [4.69, 9.17) is 0 Å². The smallest absolute Gasteiger partial charge is 0.232 e. The molecule has 1 aliphatic rings. The van der Waals surface area contributed by atoms with Crippen LogP contribution in [-0.2, 0) is 20.0 Å². The molecule has 2 heterocycles. The molecule has 1 aromatic heterocycles. The van der Waals surface area contributed by atoms with Gasteiger partial charge < -0.3 is 9.88 Å². The van der Waals surface area contributed by atoms with Gasteiger partial charge in [-0.05, 0) is 44.0 Å². The molecule has 130 valence electrons. The van der Waals surface area contributed by atoms with Gasteiger partial charge in [0.25, 0.3) is 0 Å². The summed E-state index contributed by atoms with van der Waals surface area (Å²) in [6.45, 7) is 3.61. The molecule has 1 aromatic carbocycles. The number of fused-ring (bicyclic) bond motifs is 1. The summed E-state index contributed by atoms with van der Waals surface area (Å²) in [6, 6.07) is 4.13. The zero-order valence-electron chi connectivity index (χ0n) is 14.0. The maximum atomic E-state index is 13.4. The Kier molecular flexibility index (Phi) is 3.94. The number of rotatable bonds is 3. The van der Waals surface area contributed by atoms with Crippen LogP contribution in [0.5, 0.6) is 0 Å². The summed E-state index contributed by atoms with van der Waals surface area (Å²) in [5.41, 5.74) is 0.559. The van der Waals surface area contributed by atoms with Crippen molar-refractivity contribution in [3.8, 4) is 0 Å². The Morgan fingerprint density at radius 2 is 2.08 bits per heavy atom. The van der Waals surface area contributed by atoms with E-state index in [2.05, 4.69) is 4.98 Å². The van der Waals surface area contributed by atoms with Crippen LogP contribution in [0.1, 0.15) is 25.8 Å². The fourth-order valence-electron chi connectivity index (χ4n) is 3.42. The molecule has 3 rings (SSSR count). The fourth-order valence-corrected chi connectivity index (χ4v) is 5.19. The fraction of sp³-hybridized carbons (Fsp3) is 0.471. The summed E-state index contributed by atoms with van der Waals surface area (Å²) in [5, 5.41) is 0.794. The van der Waals surface area contributed by atoms with Crippen LogP contribution >= 0.6 is 0 Å². The van der Waals surface area contributed by atoms with E-state index in [-0.39, 0.29) is 29.3 Å². The van der Waals surface area contributed by atoms with Crippen molar-refractivity contribution in [1.29, 1.82) is 0 Å². The Bertz CT molecular complexity index is 902. The molecule has 1 amide bonds. The molecule has 1 aliphatic heterocycles. The quantitative estimate of drug-likeness (QED) is 0.921. The van der Waals surface area contributed by atoms with Gasteiger partial charge in [-0.2, -0.15) is 0 Å². The largest absolute Gasteiger partial charge is 0.361 e. The lowest BCUT2D eigenvalue weighted by atomic mass is 9.82. The normalized spacial score (nSPS) is 20.4. The Balaban J connectivity index is 1.92. The number of sulfone groups is 1. The standard InChI is InChI=1S/C17H21FN2O3S/c1-17(2,14-9-19-15-8-11(18)4-5-13(14)15)16(21)20(3)12-6-7-24(22,23)10-12/h4-5,8-9,12,19H,6-7,10H2,1-3H3. The van der Waals surface area contributed by atoms with Gasteiger partial charge in [0.1, 0.15) is 5.82 Å². The van der Waals surface area contributed by atoms with Gasteiger partial charge in [-0.25, -0.2) is 12.8 Å². The first-order chi connectivity index (χ1) is 11.1. The highest BCUT2D eigenvalue weighted by Crippen LogP contribution is 2.33. The predicted octanol–water partition coefficient (Wildman–Crippen LogP) is 2.23. The van der Waals surface area contributed by atoms with E-state index >= 15 is 0 Å². The van der Waals surface area contributed by atoms with E-state index in [0.29, 0.717) is 11.9 Å². The number of H-pyrrole nitrogens is 1. The van der Waals surface area contributed by atoms with Crippen molar-refractivity contribution in [2.45, 2.75) is 31.7 Å². The van der Waals surface area contributed by atoms with Crippen molar-refractivity contribution < 1.29 is 17.6 Å². The molecule has 7 heteroatoms. The van der Waals surface area contributed by atoms with Crippen molar-refractivity contribution in [3.05, 3.63) is 35.8 Å². The van der Waals surface area contributed by atoms with Crippen LogP contribution in [0, 0.1) is 5.82 Å². The van der Waals surface area contributed by atoms with Crippen molar-refractivity contribution in [2.24, 2.45) is 0 Å². The van der Waals surface area contributed by atoms with Gasteiger partial charge in [0, 0.05) is 30.2 Å². The predicted molar refractivity (Wildman–Crippen MR) is 91.1 cm³/mol. The van der Waals surface area contributed by atoms with Crippen molar-refractivity contribution in [2.75, 3.05) is 18.6 Å². The second-order valence-electron chi connectivity index (χ2n) is 6.99. The summed E-state index contributed by atoms with van der Waals surface area (Å²) in [4.78, 5) is 17.6. The molecule has 5 nitrogen and oxygen atoms in total. The summed E-state index contributed by atoms with van der Waals surface area (Å²) in [7, 11) is -1.40. The molecular formula is C17H21FN2O3S. The van der Waals surface area contributed by atoms with Gasteiger partial charge in [0.2, 0.25) is 5.91 Å². The second kappa shape index (κ2) is 5.58. The summed E-state index contributed by atoms with van der Waals surface area (Å²) in [5.74, 6) is -0.338. The van der Waals surface area contributed by atoms with Crippen LogP contribution in [0.2, 0.25) is 0 Å². The third kappa shape index (κ3) is 2.81. The van der Waals surface area contributed by atoms with Crippen LogP contribution in [0.25, 0.3) is 10.9 Å². The zero-order valence-corrected chi connectivity index (χ0v) is 14.8. The molecule has 2 aromatic rings. The average Bonchev–Trinajstić information content (AvgIpc) is 3.08. The number of carbonyl (C=O) groups excluding carboxylic acids is 1. The third-order valence-electron chi connectivity index (χ3n) is 4.93. The zero-order chi connectivity index (χ0) is 17.7. The van der Waals surface area contributed by atoms with Gasteiger partial charge in [-0.1, -0.05) is 0 Å². The number of hydrogen-bond acceptors (Lipinski definition) is 3. The van der Waals surface area contributed by atoms with E-state index in [9.17, 15) is 17.6 Å². The van der Waals surface area contributed by atoms with E-state index < -0.39 is 15.3 Å². The number of nitrogens with zero attached hydrogens (tertiary/aromatic N) is 1. The van der Waals surface area contributed by atoms with Gasteiger partial charge in [-0.3, -0.25) is 4.79 Å². The number of carbonyl (C=O) groups is 1. The Morgan fingerprint density at radius 3 is 2.71 bits per heavy atom.